The molecule has 0 unspecified atom stereocenters. The topological polar surface area (TPSA) is 29.5 Å². The van der Waals surface area contributed by atoms with Crippen LogP contribution < -0.4 is 0 Å². The van der Waals surface area contributed by atoms with Crippen molar-refractivity contribution < 1.29 is 9.53 Å². The Hall–Kier alpha value is -2.72. The van der Waals surface area contributed by atoms with E-state index in [1.165, 1.54) is 16.0 Å². The average Bonchev–Trinajstić information content (AvgIpc) is 3.11. The van der Waals surface area contributed by atoms with Crippen LogP contribution in [-0.2, 0) is 4.74 Å². The molecule has 0 spiro atoms. The summed E-state index contributed by atoms with van der Waals surface area (Å²) in [7, 11) is 0. The van der Waals surface area contributed by atoms with Crippen molar-refractivity contribution >= 4 is 17.9 Å². The Labute approximate surface area is 170 Å². The summed E-state index contributed by atoms with van der Waals surface area (Å²) in [6.45, 7) is 1.09. The standard InChI is InChI=1S/C24H23NO2S/c26-24-25(16-17-28-21-14-8-3-9-15-21)22(18-27-24)23(19-10-4-1-5-11-19)20-12-6-2-7-13-20/h1-15,22-23H,16-18H2/t22-/m1/s1. The number of nitrogens with zero attached hydrogens (tertiary/aromatic N) is 1. The molecule has 4 rings (SSSR count). The lowest BCUT2D eigenvalue weighted by molar-refractivity contribution is 0.159. The largest absolute Gasteiger partial charge is 0.447 e. The number of thioether (sulfide) groups is 1. The van der Waals surface area contributed by atoms with Crippen LogP contribution in [0.15, 0.2) is 95.9 Å². The van der Waals surface area contributed by atoms with Crippen LogP contribution in [0, 0.1) is 0 Å². The Balaban J connectivity index is 1.55. The van der Waals surface area contributed by atoms with E-state index >= 15 is 0 Å². The van der Waals surface area contributed by atoms with Gasteiger partial charge in [0.15, 0.2) is 0 Å². The third kappa shape index (κ3) is 4.23. The van der Waals surface area contributed by atoms with E-state index in [0.717, 1.165) is 5.75 Å². The first-order chi connectivity index (χ1) is 13.8. The van der Waals surface area contributed by atoms with Crippen molar-refractivity contribution in [3.05, 3.63) is 102 Å². The van der Waals surface area contributed by atoms with Crippen LogP contribution in [-0.4, -0.2) is 35.9 Å². The molecule has 1 fully saturated rings. The minimum Gasteiger partial charge on any atom is -0.447 e. The van der Waals surface area contributed by atoms with E-state index in [1.807, 2.05) is 35.2 Å². The summed E-state index contributed by atoms with van der Waals surface area (Å²) < 4.78 is 5.48. The second kappa shape index (κ2) is 8.98. The minimum atomic E-state index is -0.212. The predicted molar refractivity (Wildman–Crippen MR) is 114 cm³/mol. The molecule has 0 N–H and O–H groups in total. The van der Waals surface area contributed by atoms with Gasteiger partial charge in [-0.15, -0.1) is 11.8 Å². The highest BCUT2D eigenvalue weighted by atomic mass is 32.2. The van der Waals surface area contributed by atoms with E-state index < -0.39 is 0 Å². The summed E-state index contributed by atoms with van der Waals surface area (Å²) in [5.74, 6) is 0.932. The molecule has 0 aromatic heterocycles. The van der Waals surface area contributed by atoms with Crippen molar-refractivity contribution in [1.82, 2.24) is 4.90 Å². The molecular formula is C24H23NO2S. The first-order valence-corrected chi connectivity index (χ1v) is 10.5. The Kier molecular flexibility index (Phi) is 5.98. The van der Waals surface area contributed by atoms with Gasteiger partial charge >= 0.3 is 6.09 Å². The first-order valence-electron chi connectivity index (χ1n) is 9.54. The molecule has 1 aliphatic rings. The molecule has 1 saturated heterocycles. The van der Waals surface area contributed by atoms with E-state index in [-0.39, 0.29) is 18.1 Å². The number of cyclic esters (lactones) is 1. The summed E-state index contributed by atoms with van der Waals surface area (Å²) in [4.78, 5) is 15.6. The number of carbonyl (C=O) groups is 1. The number of hydrogen-bond acceptors (Lipinski definition) is 3. The van der Waals surface area contributed by atoms with Crippen LogP contribution in [0.2, 0.25) is 0 Å². The van der Waals surface area contributed by atoms with Crippen molar-refractivity contribution in [2.75, 3.05) is 18.9 Å². The van der Waals surface area contributed by atoms with Crippen LogP contribution in [0.4, 0.5) is 4.79 Å². The number of hydrogen-bond donors (Lipinski definition) is 0. The second-order valence-electron chi connectivity index (χ2n) is 6.80. The van der Waals surface area contributed by atoms with E-state index in [4.69, 9.17) is 4.74 Å². The van der Waals surface area contributed by atoms with E-state index in [9.17, 15) is 4.79 Å². The molecule has 28 heavy (non-hydrogen) atoms. The van der Waals surface area contributed by atoms with Crippen LogP contribution >= 0.6 is 11.8 Å². The lowest BCUT2D eigenvalue weighted by Crippen LogP contribution is -2.39. The number of rotatable bonds is 7. The van der Waals surface area contributed by atoms with E-state index in [1.54, 1.807) is 11.8 Å². The maximum Gasteiger partial charge on any atom is 0.410 e. The zero-order valence-electron chi connectivity index (χ0n) is 15.6. The van der Waals surface area contributed by atoms with Crippen LogP contribution in [0.3, 0.4) is 0 Å². The molecule has 1 heterocycles. The summed E-state index contributed by atoms with van der Waals surface area (Å²) in [6, 6.07) is 31.1. The quantitative estimate of drug-likeness (QED) is 0.505. The fourth-order valence-electron chi connectivity index (χ4n) is 3.73. The molecule has 0 aliphatic carbocycles. The molecule has 0 bridgehead atoms. The molecule has 4 heteroatoms. The highest BCUT2D eigenvalue weighted by molar-refractivity contribution is 7.99. The fraction of sp³-hybridized carbons (Fsp3) is 0.208. The lowest BCUT2D eigenvalue weighted by Gasteiger charge is -2.30. The van der Waals surface area contributed by atoms with E-state index in [0.29, 0.717) is 13.2 Å². The Morgan fingerprint density at radius 1 is 0.857 bits per heavy atom. The maximum atomic E-state index is 12.5. The van der Waals surface area contributed by atoms with Crippen LogP contribution in [0.1, 0.15) is 17.0 Å². The smallest absolute Gasteiger partial charge is 0.410 e. The molecule has 3 nitrogen and oxygen atoms in total. The van der Waals surface area contributed by atoms with Gasteiger partial charge in [-0.05, 0) is 23.3 Å². The highest BCUT2D eigenvalue weighted by Gasteiger charge is 2.39. The normalized spacial score (nSPS) is 16.4. The summed E-state index contributed by atoms with van der Waals surface area (Å²) >= 11 is 1.77. The van der Waals surface area contributed by atoms with Crippen molar-refractivity contribution in [2.24, 2.45) is 0 Å². The molecular weight excluding hydrogens is 366 g/mol. The minimum absolute atomic E-state index is 0.00586. The summed E-state index contributed by atoms with van der Waals surface area (Å²) in [6.07, 6.45) is -0.212. The van der Waals surface area contributed by atoms with Gasteiger partial charge in [-0.1, -0.05) is 78.9 Å². The SMILES string of the molecule is O=C1OC[C@H](C(c2ccccc2)c2ccccc2)N1CCSc1ccccc1. The molecule has 0 saturated carbocycles. The van der Waals surface area contributed by atoms with Gasteiger partial charge in [0.25, 0.3) is 0 Å². The van der Waals surface area contributed by atoms with Crippen molar-refractivity contribution in [2.45, 2.75) is 16.9 Å². The second-order valence-corrected chi connectivity index (χ2v) is 7.97. The van der Waals surface area contributed by atoms with Crippen molar-refractivity contribution in [3.8, 4) is 0 Å². The third-order valence-electron chi connectivity index (χ3n) is 5.06. The van der Waals surface area contributed by atoms with E-state index in [2.05, 4.69) is 60.7 Å². The molecule has 1 atom stereocenters. The number of benzene rings is 3. The molecule has 0 radical (unpaired) electrons. The molecule has 3 aromatic carbocycles. The Morgan fingerprint density at radius 3 is 1.96 bits per heavy atom. The van der Waals surface area contributed by atoms with Crippen LogP contribution in [0.5, 0.6) is 0 Å². The third-order valence-corrected chi connectivity index (χ3v) is 6.05. The summed E-state index contributed by atoms with van der Waals surface area (Å²) in [5.41, 5.74) is 2.41. The lowest BCUT2D eigenvalue weighted by atomic mass is 9.85. The maximum absolute atomic E-state index is 12.5. The van der Waals surface area contributed by atoms with Crippen molar-refractivity contribution in [3.63, 3.8) is 0 Å². The number of amides is 1. The monoisotopic (exact) mass is 389 g/mol. The first kappa shape index (κ1) is 18.6. The number of carbonyl (C=O) groups excluding carboxylic acids is 1. The zero-order chi connectivity index (χ0) is 19.2. The molecule has 142 valence electrons. The van der Waals surface area contributed by atoms with Gasteiger partial charge in [0.1, 0.15) is 6.61 Å². The van der Waals surface area contributed by atoms with Gasteiger partial charge in [0.2, 0.25) is 0 Å². The van der Waals surface area contributed by atoms with Gasteiger partial charge in [-0.25, -0.2) is 4.79 Å². The fourth-order valence-corrected chi connectivity index (χ4v) is 4.61. The van der Waals surface area contributed by atoms with Crippen LogP contribution in [0.25, 0.3) is 0 Å². The molecule has 3 aromatic rings. The summed E-state index contributed by atoms with van der Waals surface area (Å²) in [5, 5.41) is 0. The van der Waals surface area contributed by atoms with Gasteiger partial charge in [0, 0.05) is 23.1 Å². The van der Waals surface area contributed by atoms with Gasteiger partial charge in [0.05, 0.1) is 6.04 Å². The van der Waals surface area contributed by atoms with Gasteiger partial charge < -0.3 is 9.64 Å². The zero-order valence-corrected chi connectivity index (χ0v) is 16.4. The van der Waals surface area contributed by atoms with Crippen molar-refractivity contribution in [1.29, 1.82) is 0 Å². The molecule has 1 aliphatic heterocycles. The Morgan fingerprint density at radius 2 is 1.39 bits per heavy atom. The highest BCUT2D eigenvalue weighted by Crippen LogP contribution is 2.34. The average molecular weight is 390 g/mol. The molecule has 1 amide bonds. The Bertz CT molecular complexity index is 847. The van der Waals surface area contributed by atoms with Gasteiger partial charge in [-0.3, -0.25) is 0 Å². The number of ether oxygens (including phenoxy) is 1. The predicted octanol–water partition coefficient (Wildman–Crippen LogP) is 5.43. The van der Waals surface area contributed by atoms with Gasteiger partial charge in [-0.2, -0.15) is 0 Å².